The van der Waals surface area contributed by atoms with Crippen LogP contribution in [-0.4, -0.2) is 21.8 Å². The van der Waals surface area contributed by atoms with Crippen molar-refractivity contribution in [2.24, 2.45) is 5.10 Å². The molecule has 3 rings (SSSR count). The average molecular weight is 507 g/mol. The molecule has 0 aliphatic carbocycles. The summed E-state index contributed by atoms with van der Waals surface area (Å²) in [5, 5.41) is 4.85. The van der Waals surface area contributed by atoms with Crippen molar-refractivity contribution in [3.05, 3.63) is 67.1 Å². The van der Waals surface area contributed by atoms with E-state index in [1.54, 1.807) is 30.3 Å². The van der Waals surface area contributed by atoms with E-state index in [-0.39, 0.29) is 5.56 Å². The number of ether oxygens (including phenoxy) is 1. The lowest BCUT2D eigenvalue weighted by molar-refractivity contribution is -0.131. The third-order valence-corrected chi connectivity index (χ3v) is 4.87. The molecule has 0 fully saturated rings. The SMILES string of the molecule is CCCc1nc2ccc(Br)cc2c(=O)n1N=Cc1cc(Br)ccc1OC(C)=O. The van der Waals surface area contributed by atoms with Gasteiger partial charge >= 0.3 is 5.97 Å². The van der Waals surface area contributed by atoms with Crippen LogP contribution in [0, 0.1) is 0 Å². The second-order valence-corrected chi connectivity index (χ2v) is 7.91. The normalized spacial score (nSPS) is 11.3. The highest BCUT2D eigenvalue weighted by molar-refractivity contribution is 9.10. The van der Waals surface area contributed by atoms with Crippen LogP contribution in [0.5, 0.6) is 5.75 Å². The molecule has 3 aromatic rings. The number of fused-ring (bicyclic) bond motifs is 1. The van der Waals surface area contributed by atoms with Gasteiger partial charge in [0.2, 0.25) is 0 Å². The van der Waals surface area contributed by atoms with Gasteiger partial charge in [0, 0.05) is 27.9 Å². The van der Waals surface area contributed by atoms with Gasteiger partial charge < -0.3 is 4.74 Å². The van der Waals surface area contributed by atoms with E-state index in [9.17, 15) is 9.59 Å². The van der Waals surface area contributed by atoms with Gasteiger partial charge in [-0.25, -0.2) is 4.98 Å². The van der Waals surface area contributed by atoms with E-state index in [1.165, 1.54) is 17.8 Å². The lowest BCUT2D eigenvalue weighted by Gasteiger charge is -2.09. The van der Waals surface area contributed by atoms with Gasteiger partial charge in [0.05, 0.1) is 17.1 Å². The summed E-state index contributed by atoms with van der Waals surface area (Å²) in [6.07, 6.45) is 2.92. The molecule has 0 radical (unpaired) electrons. The molecule has 1 aromatic heterocycles. The maximum Gasteiger partial charge on any atom is 0.308 e. The number of hydrogen-bond donors (Lipinski definition) is 0. The molecule has 0 amide bonds. The lowest BCUT2D eigenvalue weighted by atomic mass is 10.2. The number of rotatable bonds is 5. The Hall–Kier alpha value is -2.32. The Morgan fingerprint density at radius 1 is 1.21 bits per heavy atom. The monoisotopic (exact) mass is 505 g/mol. The summed E-state index contributed by atoms with van der Waals surface area (Å²) in [4.78, 5) is 29.0. The van der Waals surface area contributed by atoms with Gasteiger partial charge in [-0.2, -0.15) is 9.78 Å². The molecule has 6 nitrogen and oxygen atoms in total. The van der Waals surface area contributed by atoms with Crippen molar-refractivity contribution in [3.63, 3.8) is 0 Å². The van der Waals surface area contributed by atoms with Crippen LogP contribution in [0.25, 0.3) is 10.9 Å². The van der Waals surface area contributed by atoms with Crippen molar-refractivity contribution in [1.29, 1.82) is 0 Å². The van der Waals surface area contributed by atoms with Gasteiger partial charge in [-0.15, -0.1) is 0 Å². The van der Waals surface area contributed by atoms with E-state index in [1.807, 2.05) is 13.0 Å². The van der Waals surface area contributed by atoms with Crippen LogP contribution >= 0.6 is 31.9 Å². The number of benzene rings is 2. The molecule has 0 aliphatic heterocycles. The summed E-state index contributed by atoms with van der Waals surface area (Å²) in [6, 6.07) is 10.6. The van der Waals surface area contributed by atoms with Crippen molar-refractivity contribution in [3.8, 4) is 5.75 Å². The first-order valence-corrected chi connectivity index (χ1v) is 10.2. The molecule has 0 atom stereocenters. The number of hydrogen-bond acceptors (Lipinski definition) is 5. The van der Waals surface area contributed by atoms with E-state index in [0.717, 1.165) is 15.4 Å². The molecule has 1 heterocycles. The van der Waals surface area contributed by atoms with Crippen molar-refractivity contribution in [2.45, 2.75) is 26.7 Å². The predicted molar refractivity (Wildman–Crippen MR) is 116 cm³/mol. The van der Waals surface area contributed by atoms with Gasteiger partial charge in [-0.1, -0.05) is 38.8 Å². The summed E-state index contributed by atoms with van der Waals surface area (Å²) < 4.78 is 8.12. The number of nitrogens with zero attached hydrogens (tertiary/aromatic N) is 3. The van der Waals surface area contributed by atoms with Crippen LogP contribution < -0.4 is 10.3 Å². The lowest BCUT2D eigenvalue weighted by Crippen LogP contribution is -2.22. The first-order valence-electron chi connectivity index (χ1n) is 8.62. The fourth-order valence-corrected chi connectivity index (χ4v) is 3.43. The fraction of sp³-hybridized carbons (Fsp3) is 0.200. The van der Waals surface area contributed by atoms with Gasteiger partial charge in [0.15, 0.2) is 0 Å². The van der Waals surface area contributed by atoms with E-state index in [2.05, 4.69) is 41.9 Å². The smallest absolute Gasteiger partial charge is 0.308 e. The summed E-state index contributed by atoms with van der Waals surface area (Å²) in [6.45, 7) is 3.34. The highest BCUT2D eigenvalue weighted by atomic mass is 79.9. The van der Waals surface area contributed by atoms with Crippen LogP contribution in [0.1, 0.15) is 31.7 Å². The third kappa shape index (κ3) is 4.56. The zero-order chi connectivity index (χ0) is 20.3. The molecule has 8 heteroatoms. The number of halogens is 2. The number of aryl methyl sites for hydroxylation is 1. The Morgan fingerprint density at radius 3 is 2.64 bits per heavy atom. The van der Waals surface area contributed by atoms with Crippen LogP contribution in [0.15, 0.2) is 55.2 Å². The quantitative estimate of drug-likeness (QED) is 0.286. The zero-order valence-corrected chi connectivity index (χ0v) is 18.4. The molecule has 0 saturated carbocycles. The van der Waals surface area contributed by atoms with Crippen molar-refractivity contribution < 1.29 is 9.53 Å². The maximum atomic E-state index is 13.0. The largest absolute Gasteiger partial charge is 0.426 e. The molecular weight excluding hydrogens is 490 g/mol. The molecule has 28 heavy (non-hydrogen) atoms. The molecule has 0 bridgehead atoms. The van der Waals surface area contributed by atoms with Crippen LogP contribution in [0.2, 0.25) is 0 Å². The third-order valence-electron chi connectivity index (χ3n) is 3.89. The van der Waals surface area contributed by atoms with E-state index in [4.69, 9.17) is 4.74 Å². The van der Waals surface area contributed by atoms with E-state index in [0.29, 0.717) is 34.5 Å². The molecule has 0 saturated heterocycles. The highest BCUT2D eigenvalue weighted by Gasteiger charge is 2.11. The Kier molecular flexibility index (Phi) is 6.41. The van der Waals surface area contributed by atoms with Gasteiger partial charge in [-0.3, -0.25) is 9.59 Å². The minimum absolute atomic E-state index is 0.255. The average Bonchev–Trinajstić information content (AvgIpc) is 2.64. The van der Waals surface area contributed by atoms with E-state index >= 15 is 0 Å². The first-order chi connectivity index (χ1) is 13.4. The number of aromatic nitrogens is 2. The fourth-order valence-electron chi connectivity index (χ4n) is 2.69. The summed E-state index contributed by atoms with van der Waals surface area (Å²) >= 11 is 6.78. The Labute approximate surface area is 178 Å². The molecule has 0 spiro atoms. The molecule has 0 N–H and O–H groups in total. The minimum Gasteiger partial charge on any atom is -0.426 e. The van der Waals surface area contributed by atoms with Crippen LogP contribution in [0.3, 0.4) is 0 Å². The van der Waals surface area contributed by atoms with Gasteiger partial charge in [-0.05, 0) is 42.8 Å². The standard InChI is InChI=1S/C20H17Br2N3O3/c1-3-4-19-24-17-7-5-15(22)10-16(17)20(27)25(19)23-11-13-9-14(21)6-8-18(13)28-12(2)26/h5-11H,3-4H2,1-2H3. The second-order valence-electron chi connectivity index (χ2n) is 6.08. The Bertz CT molecular complexity index is 1140. The molecule has 144 valence electrons. The first kappa shape index (κ1) is 20.4. The number of carbonyl (C=O) groups is 1. The van der Waals surface area contributed by atoms with Crippen molar-refractivity contribution >= 4 is 54.9 Å². The summed E-state index contributed by atoms with van der Waals surface area (Å²) in [5.41, 5.74) is 0.939. The molecule has 0 aliphatic rings. The molecule has 2 aromatic carbocycles. The van der Waals surface area contributed by atoms with Crippen molar-refractivity contribution in [1.82, 2.24) is 9.66 Å². The van der Waals surface area contributed by atoms with Crippen LogP contribution in [-0.2, 0) is 11.2 Å². The highest BCUT2D eigenvalue weighted by Crippen LogP contribution is 2.22. The zero-order valence-electron chi connectivity index (χ0n) is 15.3. The minimum atomic E-state index is -0.432. The maximum absolute atomic E-state index is 13.0. The van der Waals surface area contributed by atoms with Gasteiger partial charge in [0.1, 0.15) is 11.6 Å². The van der Waals surface area contributed by atoms with E-state index < -0.39 is 5.97 Å². The molecular formula is C20H17Br2N3O3. The Balaban J connectivity index is 2.15. The number of esters is 1. The Morgan fingerprint density at radius 2 is 1.93 bits per heavy atom. The van der Waals surface area contributed by atoms with Crippen LogP contribution in [0.4, 0.5) is 0 Å². The number of carbonyl (C=O) groups excluding carboxylic acids is 1. The van der Waals surface area contributed by atoms with Crippen molar-refractivity contribution in [2.75, 3.05) is 0 Å². The summed E-state index contributed by atoms with van der Waals surface area (Å²) in [7, 11) is 0. The topological polar surface area (TPSA) is 73.6 Å². The summed E-state index contributed by atoms with van der Waals surface area (Å²) in [5.74, 6) is 0.502. The predicted octanol–water partition coefficient (Wildman–Crippen LogP) is 4.68. The van der Waals surface area contributed by atoms with Gasteiger partial charge in [0.25, 0.3) is 5.56 Å². The second kappa shape index (κ2) is 8.79. The molecule has 0 unspecified atom stereocenters.